The van der Waals surface area contributed by atoms with Gasteiger partial charge < -0.3 is 19.5 Å². The molecule has 2 heterocycles. The molecule has 2 aromatic rings. The molecule has 34 heavy (non-hydrogen) atoms. The number of hydrogen-bond donors (Lipinski definition) is 1. The predicted molar refractivity (Wildman–Crippen MR) is 127 cm³/mol. The summed E-state index contributed by atoms with van der Waals surface area (Å²) < 4.78 is 16.8. The molecule has 180 valence electrons. The summed E-state index contributed by atoms with van der Waals surface area (Å²) in [4.78, 5) is 39.7. The third-order valence-electron chi connectivity index (χ3n) is 6.30. The molecule has 0 aliphatic carbocycles. The molecule has 2 aromatic carbocycles. The van der Waals surface area contributed by atoms with Crippen molar-refractivity contribution in [2.45, 2.75) is 45.8 Å². The van der Waals surface area contributed by atoms with Crippen molar-refractivity contribution in [1.82, 2.24) is 5.32 Å². The molecule has 1 N–H and O–H groups in total. The van der Waals surface area contributed by atoms with E-state index in [1.165, 1.54) is 4.90 Å². The van der Waals surface area contributed by atoms with E-state index in [0.29, 0.717) is 35.9 Å². The van der Waals surface area contributed by atoms with Crippen molar-refractivity contribution >= 4 is 23.3 Å². The number of amides is 2. The van der Waals surface area contributed by atoms with Gasteiger partial charge in [0.2, 0.25) is 5.91 Å². The lowest BCUT2D eigenvalue weighted by Gasteiger charge is -2.33. The SMILES string of the molecule is Cc1ccc(OCC(=O)c2ccc3c(c2)N([C@H](C)C(=O)NC[C@H]2CCCO2)C(=O)CO3)cc1C. The number of hydrogen-bond acceptors (Lipinski definition) is 6. The van der Waals surface area contributed by atoms with Crippen LogP contribution in [0.2, 0.25) is 0 Å². The van der Waals surface area contributed by atoms with Crippen LogP contribution in [0.4, 0.5) is 5.69 Å². The fourth-order valence-corrected chi connectivity index (χ4v) is 4.09. The highest BCUT2D eigenvalue weighted by molar-refractivity contribution is 6.05. The van der Waals surface area contributed by atoms with Crippen LogP contribution in [0.15, 0.2) is 36.4 Å². The minimum Gasteiger partial charge on any atom is -0.485 e. The third kappa shape index (κ3) is 5.22. The van der Waals surface area contributed by atoms with E-state index in [1.54, 1.807) is 25.1 Å². The number of ketones is 1. The molecule has 2 atom stereocenters. The van der Waals surface area contributed by atoms with E-state index in [9.17, 15) is 14.4 Å². The van der Waals surface area contributed by atoms with Crippen LogP contribution in [0.3, 0.4) is 0 Å². The summed E-state index contributed by atoms with van der Waals surface area (Å²) in [7, 11) is 0. The highest BCUT2D eigenvalue weighted by Crippen LogP contribution is 2.34. The zero-order chi connectivity index (χ0) is 24.2. The topological polar surface area (TPSA) is 94.2 Å². The van der Waals surface area contributed by atoms with Crippen molar-refractivity contribution in [3.05, 3.63) is 53.1 Å². The summed E-state index contributed by atoms with van der Waals surface area (Å²) in [5.41, 5.74) is 3.00. The fourth-order valence-electron chi connectivity index (χ4n) is 4.09. The highest BCUT2D eigenvalue weighted by Gasteiger charge is 2.34. The van der Waals surface area contributed by atoms with E-state index in [0.717, 1.165) is 24.0 Å². The summed E-state index contributed by atoms with van der Waals surface area (Å²) in [6.07, 6.45) is 1.89. The molecule has 2 aliphatic heterocycles. The van der Waals surface area contributed by atoms with Gasteiger partial charge in [0, 0.05) is 18.7 Å². The largest absolute Gasteiger partial charge is 0.485 e. The van der Waals surface area contributed by atoms with Gasteiger partial charge in [-0.1, -0.05) is 6.07 Å². The number of rotatable bonds is 8. The Labute approximate surface area is 199 Å². The van der Waals surface area contributed by atoms with Crippen molar-refractivity contribution in [2.24, 2.45) is 0 Å². The summed E-state index contributed by atoms with van der Waals surface area (Å²) >= 11 is 0. The Kier molecular flexibility index (Phi) is 7.17. The molecule has 8 heteroatoms. The van der Waals surface area contributed by atoms with Gasteiger partial charge in [-0.2, -0.15) is 0 Å². The van der Waals surface area contributed by atoms with E-state index in [2.05, 4.69) is 5.32 Å². The average molecular weight is 467 g/mol. The maximum Gasteiger partial charge on any atom is 0.265 e. The van der Waals surface area contributed by atoms with Gasteiger partial charge in [-0.15, -0.1) is 0 Å². The number of Topliss-reactive ketones (excluding diaryl/α,β-unsaturated/α-hetero) is 1. The molecule has 0 unspecified atom stereocenters. The molecule has 1 saturated heterocycles. The smallest absolute Gasteiger partial charge is 0.265 e. The van der Waals surface area contributed by atoms with Crippen molar-refractivity contribution in [1.29, 1.82) is 0 Å². The molecular formula is C26H30N2O6. The number of nitrogens with one attached hydrogen (secondary N) is 1. The van der Waals surface area contributed by atoms with Gasteiger partial charge in [-0.25, -0.2) is 0 Å². The lowest BCUT2D eigenvalue weighted by atomic mass is 10.1. The second-order valence-electron chi connectivity index (χ2n) is 8.75. The Balaban J connectivity index is 1.46. The first-order valence-corrected chi connectivity index (χ1v) is 11.5. The molecular weight excluding hydrogens is 436 g/mol. The van der Waals surface area contributed by atoms with E-state index in [4.69, 9.17) is 14.2 Å². The first-order valence-electron chi connectivity index (χ1n) is 11.5. The van der Waals surface area contributed by atoms with Gasteiger partial charge >= 0.3 is 0 Å². The number of nitrogens with zero attached hydrogens (tertiary/aromatic N) is 1. The fraction of sp³-hybridized carbons (Fsp3) is 0.423. The van der Waals surface area contributed by atoms with Crippen molar-refractivity contribution in [2.75, 3.05) is 31.3 Å². The maximum absolute atomic E-state index is 12.8. The highest BCUT2D eigenvalue weighted by atomic mass is 16.5. The molecule has 0 bridgehead atoms. The number of aryl methyl sites for hydroxylation is 2. The molecule has 0 saturated carbocycles. The summed E-state index contributed by atoms with van der Waals surface area (Å²) in [6, 6.07) is 9.76. The standard InChI is InChI=1S/C26H30N2O6/c1-16-6-8-20(11-17(16)2)33-14-23(29)19-7-9-24-22(12-19)28(25(30)15-34-24)18(3)26(31)27-13-21-5-4-10-32-21/h6-9,11-12,18,21H,4-5,10,13-15H2,1-3H3,(H,27,31)/t18-,21-/m1/s1. The van der Waals surface area contributed by atoms with Crippen LogP contribution >= 0.6 is 0 Å². The quantitative estimate of drug-likeness (QED) is 0.601. The number of fused-ring (bicyclic) bond motifs is 1. The summed E-state index contributed by atoms with van der Waals surface area (Å²) in [6.45, 7) is 6.45. The van der Waals surface area contributed by atoms with Crippen molar-refractivity contribution < 1.29 is 28.6 Å². The first kappa shape index (κ1) is 23.8. The van der Waals surface area contributed by atoms with Gasteiger partial charge in [0.25, 0.3) is 5.91 Å². The number of ether oxygens (including phenoxy) is 3. The van der Waals surface area contributed by atoms with E-state index < -0.39 is 6.04 Å². The van der Waals surface area contributed by atoms with E-state index in [-0.39, 0.29) is 36.9 Å². The minimum absolute atomic E-state index is 0.00497. The van der Waals surface area contributed by atoms with E-state index in [1.807, 2.05) is 32.0 Å². The zero-order valence-electron chi connectivity index (χ0n) is 19.8. The van der Waals surface area contributed by atoms with Crippen LogP contribution < -0.4 is 19.7 Å². The molecule has 2 aliphatic rings. The van der Waals surface area contributed by atoms with Crippen LogP contribution in [-0.2, 0) is 14.3 Å². The van der Waals surface area contributed by atoms with Gasteiger partial charge in [0.1, 0.15) is 17.5 Å². The molecule has 8 nitrogen and oxygen atoms in total. The van der Waals surface area contributed by atoms with Crippen molar-refractivity contribution in [3.8, 4) is 11.5 Å². The van der Waals surface area contributed by atoms with Crippen LogP contribution in [0, 0.1) is 13.8 Å². The Hall–Kier alpha value is -3.39. The summed E-state index contributed by atoms with van der Waals surface area (Å²) in [5.74, 6) is 0.195. The molecule has 0 radical (unpaired) electrons. The van der Waals surface area contributed by atoms with Gasteiger partial charge in [0.15, 0.2) is 19.0 Å². The number of carbonyl (C=O) groups is 3. The lowest BCUT2D eigenvalue weighted by molar-refractivity contribution is -0.127. The lowest BCUT2D eigenvalue weighted by Crippen LogP contribution is -2.52. The Morgan fingerprint density at radius 2 is 2.00 bits per heavy atom. The minimum atomic E-state index is -0.770. The second-order valence-corrected chi connectivity index (χ2v) is 8.75. The third-order valence-corrected chi connectivity index (χ3v) is 6.30. The predicted octanol–water partition coefficient (Wildman–Crippen LogP) is 2.97. The van der Waals surface area contributed by atoms with Crippen LogP contribution in [0.25, 0.3) is 0 Å². The van der Waals surface area contributed by atoms with Gasteiger partial charge in [0.05, 0.1) is 11.8 Å². The average Bonchev–Trinajstić information content (AvgIpc) is 3.36. The maximum atomic E-state index is 12.8. The van der Waals surface area contributed by atoms with Crippen molar-refractivity contribution in [3.63, 3.8) is 0 Å². The molecule has 4 rings (SSSR count). The Morgan fingerprint density at radius 3 is 2.74 bits per heavy atom. The van der Waals surface area contributed by atoms with Crippen LogP contribution in [0.1, 0.15) is 41.3 Å². The second kappa shape index (κ2) is 10.3. The van der Waals surface area contributed by atoms with Crippen LogP contribution in [-0.4, -0.2) is 56.1 Å². The summed E-state index contributed by atoms with van der Waals surface area (Å²) in [5, 5.41) is 2.87. The number of carbonyl (C=O) groups excluding carboxylic acids is 3. The molecule has 0 spiro atoms. The molecule has 1 fully saturated rings. The van der Waals surface area contributed by atoms with Gasteiger partial charge in [-0.05, 0) is 75.1 Å². The molecule has 0 aromatic heterocycles. The van der Waals surface area contributed by atoms with Crippen LogP contribution in [0.5, 0.6) is 11.5 Å². The van der Waals surface area contributed by atoms with E-state index >= 15 is 0 Å². The normalized spacial score (nSPS) is 18.1. The monoisotopic (exact) mass is 466 g/mol. The van der Waals surface area contributed by atoms with Gasteiger partial charge in [-0.3, -0.25) is 19.3 Å². The number of anilines is 1. The first-order chi connectivity index (χ1) is 16.3. The Morgan fingerprint density at radius 1 is 1.18 bits per heavy atom. The molecule has 2 amide bonds. The number of benzene rings is 2. The zero-order valence-corrected chi connectivity index (χ0v) is 19.8. The Bertz CT molecular complexity index is 1090.